The molecule has 2 heterocycles. The summed E-state index contributed by atoms with van der Waals surface area (Å²) in [6.07, 6.45) is 3.13. The molecule has 0 aromatic carbocycles. The van der Waals surface area contributed by atoms with Crippen LogP contribution in [-0.4, -0.2) is 23.4 Å². The lowest BCUT2D eigenvalue weighted by atomic mass is 9.99. The number of hydrogen-bond acceptors (Lipinski definition) is 5. The van der Waals surface area contributed by atoms with Gasteiger partial charge in [-0.05, 0) is 18.8 Å². The van der Waals surface area contributed by atoms with Crippen molar-refractivity contribution in [2.24, 2.45) is 11.7 Å². The molecule has 3 unspecified atom stereocenters. The fraction of sp³-hybridized carbons (Fsp3) is 0.833. The first-order chi connectivity index (χ1) is 8.22. The minimum absolute atomic E-state index is 0.161. The van der Waals surface area contributed by atoms with E-state index in [-0.39, 0.29) is 12.0 Å². The third-order valence-electron chi connectivity index (χ3n) is 3.53. The van der Waals surface area contributed by atoms with Gasteiger partial charge in [0.2, 0.25) is 5.89 Å². The third-order valence-corrected chi connectivity index (χ3v) is 3.53. The van der Waals surface area contributed by atoms with Crippen molar-refractivity contribution < 1.29 is 9.26 Å². The van der Waals surface area contributed by atoms with Crippen molar-refractivity contribution >= 4 is 0 Å². The molecule has 0 radical (unpaired) electrons. The van der Waals surface area contributed by atoms with Crippen LogP contribution in [0.1, 0.15) is 56.8 Å². The number of nitrogens with zero attached hydrogens (tertiary/aromatic N) is 2. The van der Waals surface area contributed by atoms with Gasteiger partial charge in [-0.1, -0.05) is 25.4 Å². The van der Waals surface area contributed by atoms with E-state index in [0.29, 0.717) is 18.4 Å². The zero-order valence-electron chi connectivity index (χ0n) is 10.6. The summed E-state index contributed by atoms with van der Waals surface area (Å²) >= 11 is 0. The molecule has 0 bridgehead atoms. The van der Waals surface area contributed by atoms with Gasteiger partial charge in [0.1, 0.15) is 0 Å². The zero-order chi connectivity index (χ0) is 12.3. The predicted octanol–water partition coefficient (Wildman–Crippen LogP) is 2.01. The smallest absolute Gasteiger partial charge is 0.243 e. The Kier molecular flexibility index (Phi) is 4.12. The molecule has 1 saturated heterocycles. The van der Waals surface area contributed by atoms with E-state index in [9.17, 15) is 0 Å². The molecule has 0 amide bonds. The molecule has 96 valence electrons. The lowest BCUT2D eigenvalue weighted by Crippen LogP contribution is -2.20. The number of rotatable bonds is 4. The van der Waals surface area contributed by atoms with Gasteiger partial charge in [-0.2, -0.15) is 4.98 Å². The molecule has 0 aliphatic carbocycles. The van der Waals surface area contributed by atoms with Gasteiger partial charge in [0.15, 0.2) is 5.82 Å². The van der Waals surface area contributed by atoms with E-state index in [2.05, 4.69) is 24.0 Å². The first kappa shape index (κ1) is 12.5. The van der Waals surface area contributed by atoms with Gasteiger partial charge in [-0.3, -0.25) is 0 Å². The van der Waals surface area contributed by atoms with Crippen molar-refractivity contribution in [3.8, 4) is 0 Å². The highest BCUT2D eigenvalue weighted by atomic mass is 16.5. The van der Waals surface area contributed by atoms with Gasteiger partial charge in [0.25, 0.3) is 0 Å². The molecule has 3 atom stereocenters. The molecule has 2 N–H and O–H groups in total. The molecule has 5 nitrogen and oxygen atoms in total. The Morgan fingerprint density at radius 3 is 3.00 bits per heavy atom. The molecule has 1 aromatic heterocycles. The van der Waals surface area contributed by atoms with E-state index in [0.717, 1.165) is 31.7 Å². The van der Waals surface area contributed by atoms with Crippen molar-refractivity contribution in [2.45, 2.75) is 45.1 Å². The SMILES string of the molecule is CCC(C)C(N)c1nc(C2CCCOC2)no1. The summed E-state index contributed by atoms with van der Waals surface area (Å²) in [6.45, 7) is 5.74. The van der Waals surface area contributed by atoms with Crippen LogP contribution in [0.25, 0.3) is 0 Å². The van der Waals surface area contributed by atoms with Crippen LogP contribution in [0.15, 0.2) is 4.52 Å². The van der Waals surface area contributed by atoms with Crippen molar-refractivity contribution in [1.29, 1.82) is 0 Å². The fourth-order valence-electron chi connectivity index (χ4n) is 1.99. The van der Waals surface area contributed by atoms with E-state index in [4.69, 9.17) is 15.0 Å². The first-order valence-electron chi connectivity index (χ1n) is 6.39. The second-order valence-corrected chi connectivity index (χ2v) is 4.82. The van der Waals surface area contributed by atoms with Gasteiger partial charge in [-0.25, -0.2) is 0 Å². The van der Waals surface area contributed by atoms with Crippen LogP contribution in [0.3, 0.4) is 0 Å². The van der Waals surface area contributed by atoms with Crippen LogP contribution in [0.4, 0.5) is 0 Å². The maximum atomic E-state index is 6.06. The average molecular weight is 239 g/mol. The van der Waals surface area contributed by atoms with Gasteiger partial charge in [0, 0.05) is 12.5 Å². The molecule has 1 aliphatic rings. The Bertz CT molecular complexity index is 331. The average Bonchev–Trinajstić information content (AvgIpc) is 2.87. The molecule has 5 heteroatoms. The highest BCUT2D eigenvalue weighted by Gasteiger charge is 2.25. The lowest BCUT2D eigenvalue weighted by Gasteiger charge is -2.18. The molecule has 1 fully saturated rings. The quantitative estimate of drug-likeness (QED) is 0.870. The summed E-state index contributed by atoms with van der Waals surface area (Å²) in [6, 6.07) is -0.161. The monoisotopic (exact) mass is 239 g/mol. The van der Waals surface area contributed by atoms with E-state index in [1.54, 1.807) is 0 Å². The minimum Gasteiger partial charge on any atom is -0.381 e. The number of hydrogen-bond donors (Lipinski definition) is 1. The summed E-state index contributed by atoms with van der Waals surface area (Å²) in [5, 5.41) is 4.03. The fourth-order valence-corrected chi connectivity index (χ4v) is 1.99. The normalized spacial score (nSPS) is 24.5. The Morgan fingerprint density at radius 1 is 1.53 bits per heavy atom. The van der Waals surface area contributed by atoms with Crippen molar-refractivity contribution in [3.05, 3.63) is 11.7 Å². The molecule has 0 spiro atoms. The standard InChI is InChI=1S/C12H21N3O2/c1-3-8(2)10(13)12-14-11(15-17-12)9-5-4-6-16-7-9/h8-10H,3-7,13H2,1-2H3. The topological polar surface area (TPSA) is 74.2 Å². The Hall–Kier alpha value is -0.940. The van der Waals surface area contributed by atoms with Crippen molar-refractivity contribution in [2.75, 3.05) is 13.2 Å². The highest BCUT2D eigenvalue weighted by molar-refractivity contribution is 4.99. The summed E-state index contributed by atoms with van der Waals surface area (Å²) in [5.41, 5.74) is 6.06. The first-order valence-corrected chi connectivity index (χ1v) is 6.39. The molecular weight excluding hydrogens is 218 g/mol. The van der Waals surface area contributed by atoms with Crippen molar-refractivity contribution in [1.82, 2.24) is 10.1 Å². The maximum absolute atomic E-state index is 6.06. The molecule has 17 heavy (non-hydrogen) atoms. The molecule has 1 aromatic rings. The van der Waals surface area contributed by atoms with Crippen LogP contribution >= 0.6 is 0 Å². The molecule has 1 aliphatic heterocycles. The summed E-state index contributed by atoms with van der Waals surface area (Å²) in [5.74, 6) is 1.93. The van der Waals surface area contributed by atoms with E-state index >= 15 is 0 Å². The van der Waals surface area contributed by atoms with E-state index in [1.165, 1.54) is 0 Å². The molecular formula is C12H21N3O2. The maximum Gasteiger partial charge on any atom is 0.243 e. The summed E-state index contributed by atoms with van der Waals surface area (Å²) in [7, 11) is 0. The Morgan fingerprint density at radius 2 is 2.35 bits per heavy atom. The van der Waals surface area contributed by atoms with Gasteiger partial charge in [-0.15, -0.1) is 0 Å². The van der Waals surface area contributed by atoms with Crippen LogP contribution in [-0.2, 0) is 4.74 Å². The van der Waals surface area contributed by atoms with Gasteiger partial charge < -0.3 is 15.0 Å². The molecule has 2 rings (SSSR count). The lowest BCUT2D eigenvalue weighted by molar-refractivity contribution is 0.0773. The zero-order valence-corrected chi connectivity index (χ0v) is 10.6. The van der Waals surface area contributed by atoms with E-state index in [1.807, 2.05) is 0 Å². The Balaban J connectivity index is 2.04. The Labute approximate surface area is 102 Å². The highest BCUT2D eigenvalue weighted by Crippen LogP contribution is 2.26. The van der Waals surface area contributed by atoms with Crippen LogP contribution < -0.4 is 5.73 Å². The van der Waals surface area contributed by atoms with Gasteiger partial charge >= 0.3 is 0 Å². The van der Waals surface area contributed by atoms with Crippen LogP contribution in [0, 0.1) is 5.92 Å². The number of aromatic nitrogens is 2. The predicted molar refractivity (Wildman–Crippen MR) is 63.5 cm³/mol. The number of nitrogens with two attached hydrogens (primary N) is 1. The largest absolute Gasteiger partial charge is 0.381 e. The summed E-state index contributed by atoms with van der Waals surface area (Å²) in [4.78, 5) is 4.42. The summed E-state index contributed by atoms with van der Waals surface area (Å²) < 4.78 is 10.7. The van der Waals surface area contributed by atoms with Gasteiger partial charge in [0.05, 0.1) is 12.6 Å². The third kappa shape index (κ3) is 2.84. The second kappa shape index (κ2) is 5.60. The van der Waals surface area contributed by atoms with Crippen molar-refractivity contribution in [3.63, 3.8) is 0 Å². The second-order valence-electron chi connectivity index (χ2n) is 4.82. The molecule has 0 saturated carbocycles. The number of ether oxygens (including phenoxy) is 1. The van der Waals surface area contributed by atoms with E-state index < -0.39 is 0 Å². The van der Waals surface area contributed by atoms with Crippen LogP contribution in [0.5, 0.6) is 0 Å². The van der Waals surface area contributed by atoms with Crippen LogP contribution in [0.2, 0.25) is 0 Å². The minimum atomic E-state index is -0.161.